The van der Waals surface area contributed by atoms with E-state index in [1.165, 1.54) is 0 Å². The lowest BCUT2D eigenvalue weighted by molar-refractivity contribution is -0.123. The fourth-order valence-corrected chi connectivity index (χ4v) is 2.42. The molecule has 0 atom stereocenters. The molecule has 0 saturated carbocycles. The number of para-hydroxylation sites is 1. The summed E-state index contributed by atoms with van der Waals surface area (Å²) in [7, 11) is 1.57. The molecule has 2 rings (SSSR count). The Hall–Kier alpha value is -2.87. The summed E-state index contributed by atoms with van der Waals surface area (Å²) in [4.78, 5) is 23.8. The number of methoxy groups -OCH3 is 1. The Morgan fingerprint density at radius 3 is 2.37 bits per heavy atom. The van der Waals surface area contributed by atoms with E-state index < -0.39 is 5.91 Å². The fraction of sp³-hybridized carbons (Fsp3) is 0.211. The van der Waals surface area contributed by atoms with Gasteiger partial charge in [0.1, 0.15) is 11.5 Å². The van der Waals surface area contributed by atoms with Crippen molar-refractivity contribution in [3.8, 4) is 11.5 Å². The second-order valence-corrected chi connectivity index (χ2v) is 6.41. The Morgan fingerprint density at radius 2 is 1.70 bits per heavy atom. The van der Waals surface area contributed by atoms with E-state index >= 15 is 0 Å². The Balaban J connectivity index is 1.75. The van der Waals surface area contributed by atoms with Gasteiger partial charge in [0.25, 0.3) is 5.91 Å². The maximum Gasteiger partial charge on any atom is 0.277 e. The molecule has 0 heterocycles. The molecule has 0 radical (unpaired) electrons. The van der Waals surface area contributed by atoms with Gasteiger partial charge < -0.3 is 14.8 Å². The number of anilines is 1. The van der Waals surface area contributed by atoms with Gasteiger partial charge in [-0.3, -0.25) is 9.59 Å². The molecule has 0 bridgehead atoms. The summed E-state index contributed by atoms with van der Waals surface area (Å²) >= 11 is 3.36. The molecule has 2 amide bonds. The van der Waals surface area contributed by atoms with Crippen LogP contribution in [0, 0.1) is 0 Å². The number of benzene rings is 2. The minimum Gasteiger partial charge on any atom is -0.497 e. The van der Waals surface area contributed by atoms with Crippen molar-refractivity contribution >= 4 is 39.1 Å². The minimum atomic E-state index is -0.420. The number of amides is 2. The minimum absolute atomic E-state index is 0.0565. The standard InChI is InChI=1S/C19H20BrN3O4/c1-13(11-18(24)21-17-6-4-3-5-16(17)20)22-23-19(25)12-27-15-9-7-14(26-2)8-10-15/h3-10H,11-12H2,1-2H3,(H,21,24)(H,23,25). The Morgan fingerprint density at radius 1 is 1.04 bits per heavy atom. The number of rotatable bonds is 8. The number of nitrogens with zero attached hydrogens (tertiary/aromatic N) is 1. The molecule has 2 aromatic carbocycles. The van der Waals surface area contributed by atoms with Crippen LogP contribution in [0.1, 0.15) is 13.3 Å². The third-order valence-corrected chi connectivity index (χ3v) is 4.06. The van der Waals surface area contributed by atoms with Crippen LogP contribution in [0.25, 0.3) is 0 Å². The molecule has 0 saturated heterocycles. The first-order chi connectivity index (χ1) is 13.0. The lowest BCUT2D eigenvalue weighted by Gasteiger charge is -2.08. The van der Waals surface area contributed by atoms with E-state index in [4.69, 9.17) is 9.47 Å². The third-order valence-electron chi connectivity index (χ3n) is 3.37. The van der Waals surface area contributed by atoms with Gasteiger partial charge in [0, 0.05) is 10.2 Å². The summed E-state index contributed by atoms with van der Waals surface area (Å²) in [6.07, 6.45) is 0.0565. The van der Waals surface area contributed by atoms with Crippen molar-refractivity contribution in [2.24, 2.45) is 5.10 Å². The topological polar surface area (TPSA) is 89.0 Å². The van der Waals surface area contributed by atoms with E-state index in [9.17, 15) is 9.59 Å². The van der Waals surface area contributed by atoms with Gasteiger partial charge in [-0.05, 0) is 59.3 Å². The van der Waals surface area contributed by atoms with Gasteiger partial charge in [-0.2, -0.15) is 5.10 Å². The van der Waals surface area contributed by atoms with Crippen LogP contribution in [0.15, 0.2) is 58.1 Å². The van der Waals surface area contributed by atoms with E-state index in [-0.39, 0.29) is 18.9 Å². The summed E-state index contributed by atoms with van der Waals surface area (Å²) < 4.78 is 11.2. The van der Waals surface area contributed by atoms with E-state index in [1.54, 1.807) is 44.4 Å². The highest BCUT2D eigenvalue weighted by molar-refractivity contribution is 9.10. The average Bonchev–Trinajstić information content (AvgIpc) is 2.67. The molecule has 0 aliphatic rings. The first-order valence-corrected chi connectivity index (χ1v) is 8.90. The molecule has 0 aliphatic carbocycles. The lowest BCUT2D eigenvalue weighted by atomic mass is 10.2. The SMILES string of the molecule is COc1ccc(OCC(=O)NN=C(C)CC(=O)Nc2ccccc2Br)cc1. The zero-order valence-electron chi connectivity index (χ0n) is 15.0. The molecule has 8 heteroatoms. The van der Waals surface area contributed by atoms with Crippen molar-refractivity contribution in [1.82, 2.24) is 5.43 Å². The van der Waals surface area contributed by atoms with Gasteiger partial charge in [-0.15, -0.1) is 0 Å². The van der Waals surface area contributed by atoms with Crippen molar-refractivity contribution in [3.05, 3.63) is 53.0 Å². The Kier molecular flexibility index (Phi) is 7.81. The van der Waals surface area contributed by atoms with Gasteiger partial charge in [-0.25, -0.2) is 5.43 Å². The van der Waals surface area contributed by atoms with Gasteiger partial charge in [0.2, 0.25) is 5.91 Å². The number of carbonyl (C=O) groups excluding carboxylic acids is 2. The van der Waals surface area contributed by atoms with Crippen molar-refractivity contribution < 1.29 is 19.1 Å². The van der Waals surface area contributed by atoms with Crippen LogP contribution in [-0.2, 0) is 9.59 Å². The van der Waals surface area contributed by atoms with Crippen LogP contribution in [0.2, 0.25) is 0 Å². The summed E-state index contributed by atoms with van der Waals surface area (Å²) in [5.74, 6) is 0.593. The second-order valence-electron chi connectivity index (χ2n) is 5.55. The van der Waals surface area contributed by atoms with E-state index in [0.717, 1.165) is 4.47 Å². The number of hydrazone groups is 1. The lowest BCUT2D eigenvalue weighted by Crippen LogP contribution is -2.26. The summed E-state index contributed by atoms with van der Waals surface area (Å²) in [6, 6.07) is 14.2. The monoisotopic (exact) mass is 433 g/mol. The number of hydrogen-bond donors (Lipinski definition) is 2. The highest BCUT2D eigenvalue weighted by atomic mass is 79.9. The van der Waals surface area contributed by atoms with Gasteiger partial charge in [-0.1, -0.05) is 12.1 Å². The maximum atomic E-state index is 12.0. The smallest absolute Gasteiger partial charge is 0.277 e. The van der Waals surface area contributed by atoms with Gasteiger partial charge in [0.15, 0.2) is 6.61 Å². The van der Waals surface area contributed by atoms with Crippen molar-refractivity contribution in [2.45, 2.75) is 13.3 Å². The molecule has 142 valence electrons. The van der Waals surface area contributed by atoms with Crippen LogP contribution >= 0.6 is 15.9 Å². The Labute approximate surface area is 165 Å². The van der Waals surface area contributed by atoms with Gasteiger partial charge in [0.05, 0.1) is 19.2 Å². The van der Waals surface area contributed by atoms with Crippen molar-refractivity contribution in [2.75, 3.05) is 19.0 Å². The van der Waals surface area contributed by atoms with Crippen LogP contribution in [0.3, 0.4) is 0 Å². The number of carbonyl (C=O) groups is 2. The molecular weight excluding hydrogens is 414 g/mol. The molecule has 7 nitrogen and oxygen atoms in total. The molecule has 27 heavy (non-hydrogen) atoms. The number of ether oxygens (including phenoxy) is 2. The zero-order chi connectivity index (χ0) is 19.6. The first-order valence-electron chi connectivity index (χ1n) is 8.11. The highest BCUT2D eigenvalue weighted by Gasteiger charge is 2.08. The van der Waals surface area contributed by atoms with Crippen LogP contribution in [0.5, 0.6) is 11.5 Å². The van der Waals surface area contributed by atoms with Crippen LogP contribution in [0.4, 0.5) is 5.69 Å². The maximum absolute atomic E-state index is 12.0. The molecule has 0 fully saturated rings. The van der Waals surface area contributed by atoms with E-state index in [1.807, 2.05) is 18.2 Å². The molecule has 2 N–H and O–H groups in total. The summed E-state index contributed by atoms with van der Waals surface area (Å²) in [6.45, 7) is 1.47. The predicted molar refractivity (Wildman–Crippen MR) is 107 cm³/mol. The predicted octanol–water partition coefficient (Wildman–Crippen LogP) is 3.36. The number of hydrogen-bond acceptors (Lipinski definition) is 5. The van der Waals surface area contributed by atoms with E-state index in [0.29, 0.717) is 22.9 Å². The molecule has 0 aliphatic heterocycles. The molecule has 2 aromatic rings. The molecule has 0 unspecified atom stereocenters. The quantitative estimate of drug-likeness (QED) is 0.493. The molecule has 0 spiro atoms. The molecule has 0 aromatic heterocycles. The van der Waals surface area contributed by atoms with E-state index in [2.05, 4.69) is 31.8 Å². The number of halogens is 1. The average molecular weight is 434 g/mol. The fourth-order valence-electron chi connectivity index (χ4n) is 2.04. The van der Waals surface area contributed by atoms with Crippen molar-refractivity contribution in [3.63, 3.8) is 0 Å². The first kappa shape index (κ1) is 20.4. The zero-order valence-corrected chi connectivity index (χ0v) is 16.6. The highest BCUT2D eigenvalue weighted by Crippen LogP contribution is 2.21. The third kappa shape index (κ3) is 7.10. The summed E-state index contributed by atoms with van der Waals surface area (Å²) in [5.41, 5.74) is 3.51. The number of nitrogens with one attached hydrogen (secondary N) is 2. The largest absolute Gasteiger partial charge is 0.497 e. The Bertz CT molecular complexity index is 822. The normalized spacial score (nSPS) is 10.9. The summed E-state index contributed by atoms with van der Waals surface area (Å²) in [5, 5.41) is 6.68. The van der Waals surface area contributed by atoms with Gasteiger partial charge >= 0.3 is 0 Å². The van der Waals surface area contributed by atoms with Crippen LogP contribution < -0.4 is 20.2 Å². The van der Waals surface area contributed by atoms with Crippen LogP contribution in [-0.4, -0.2) is 31.2 Å². The second kappa shape index (κ2) is 10.3. The van der Waals surface area contributed by atoms with Crippen molar-refractivity contribution in [1.29, 1.82) is 0 Å². The molecular formula is C19H20BrN3O4.